The Balaban J connectivity index is 0.00000150. The quantitative estimate of drug-likeness (QED) is 0.160. The summed E-state index contributed by atoms with van der Waals surface area (Å²) < 4.78 is 25.3. The Labute approximate surface area is 353 Å². The molecular formula is C49H86O9. The van der Waals surface area contributed by atoms with Crippen molar-refractivity contribution in [3.05, 3.63) is 0 Å². The first-order chi connectivity index (χ1) is 24.3. The predicted molar refractivity (Wildman–Crippen MR) is 229 cm³/mol. The lowest BCUT2D eigenvalue weighted by molar-refractivity contribution is -0.229. The van der Waals surface area contributed by atoms with Crippen LogP contribution in [0.5, 0.6) is 0 Å². The standard InChI is InChI=1S/C43H62O9.6CH4/c1-7-39(4,36(46)51-41(6)28-10-23-8-24(12-28)13-29(41)11-23)21-40(5,37(47)52-43-18-25-9-26(19-43)17-42(48,16-25)22-43)20-38(2,3)35(45)50-32-27-14-30-31(15-27)34(44)49-33(30)32;;;;;;/h23-33,48H,7-22H2,1-6H3;6*1H4. The highest BCUT2D eigenvalue weighted by molar-refractivity contribution is 5.83. The molecule has 11 aliphatic rings. The Morgan fingerprint density at radius 3 is 1.78 bits per heavy atom. The van der Waals surface area contributed by atoms with Crippen molar-refractivity contribution in [3.63, 3.8) is 0 Å². The van der Waals surface area contributed by atoms with Gasteiger partial charge in [0.25, 0.3) is 0 Å². The van der Waals surface area contributed by atoms with E-state index < -0.39 is 51.1 Å². The first-order valence-electron chi connectivity index (χ1n) is 20.9. The van der Waals surface area contributed by atoms with Gasteiger partial charge in [0.15, 0.2) is 0 Å². The first-order valence-corrected chi connectivity index (χ1v) is 20.9. The van der Waals surface area contributed by atoms with Crippen molar-refractivity contribution >= 4 is 23.9 Å². The SMILES string of the molecule is C.C.C.C.C.C.CCC(C)(CC(C)(CC(C)(C)C(=O)OC1C2CC3C(=O)OC1C3C2)C(=O)OC12CC3CC(CC(O)(C3)C1)C2)C(=O)OC1(C)C2CC3CC(C2)CC1C3. The Morgan fingerprint density at radius 2 is 1.24 bits per heavy atom. The largest absolute Gasteiger partial charge is 0.459 e. The molecule has 10 saturated carbocycles. The van der Waals surface area contributed by atoms with Crippen LogP contribution in [0.3, 0.4) is 0 Å². The molecule has 0 radical (unpaired) electrons. The van der Waals surface area contributed by atoms with Crippen molar-refractivity contribution < 1.29 is 43.2 Å². The molecule has 1 N–H and O–H groups in total. The minimum atomic E-state index is -1.23. The minimum absolute atomic E-state index is 0. The summed E-state index contributed by atoms with van der Waals surface area (Å²) in [6, 6.07) is 0. The molecule has 9 atom stereocenters. The van der Waals surface area contributed by atoms with Gasteiger partial charge in [-0.3, -0.25) is 19.2 Å². The molecule has 1 heterocycles. The molecule has 0 spiro atoms. The zero-order valence-electron chi connectivity index (χ0n) is 32.4. The van der Waals surface area contributed by atoms with Crippen LogP contribution in [0.4, 0.5) is 0 Å². The normalized spacial score (nSPS) is 43.3. The summed E-state index contributed by atoms with van der Waals surface area (Å²) in [6.07, 6.45) is 11.8. The second kappa shape index (κ2) is 16.3. The Hall–Kier alpha value is -2.16. The zero-order valence-corrected chi connectivity index (χ0v) is 32.4. The fraction of sp³-hybridized carbons (Fsp3) is 0.918. The average molecular weight is 819 g/mol. The molecule has 11 fully saturated rings. The van der Waals surface area contributed by atoms with Gasteiger partial charge in [0.05, 0.1) is 27.8 Å². The summed E-state index contributed by atoms with van der Waals surface area (Å²) in [7, 11) is 0. The van der Waals surface area contributed by atoms with Crippen molar-refractivity contribution in [1.29, 1.82) is 0 Å². The first kappa shape index (κ1) is 50.2. The van der Waals surface area contributed by atoms with Gasteiger partial charge in [-0.1, -0.05) is 51.5 Å². The molecule has 0 aromatic rings. The van der Waals surface area contributed by atoms with E-state index in [0.29, 0.717) is 42.9 Å². The summed E-state index contributed by atoms with van der Waals surface area (Å²) in [5, 5.41) is 11.5. The lowest BCUT2D eigenvalue weighted by Gasteiger charge is -2.60. The van der Waals surface area contributed by atoms with E-state index in [0.717, 1.165) is 76.0 Å². The Kier molecular flexibility index (Phi) is 14.1. The molecule has 58 heavy (non-hydrogen) atoms. The molecule has 0 aromatic carbocycles. The number of esters is 4. The summed E-state index contributed by atoms with van der Waals surface area (Å²) in [4.78, 5) is 56.2. The number of hydrogen-bond acceptors (Lipinski definition) is 9. The third kappa shape index (κ3) is 7.80. The van der Waals surface area contributed by atoms with Gasteiger partial charge in [-0.2, -0.15) is 0 Å². The topological polar surface area (TPSA) is 125 Å². The molecule has 9 heteroatoms. The zero-order chi connectivity index (χ0) is 36.8. The predicted octanol–water partition coefficient (Wildman–Crippen LogP) is 10.9. The van der Waals surface area contributed by atoms with Crippen LogP contribution < -0.4 is 0 Å². The van der Waals surface area contributed by atoms with Crippen molar-refractivity contribution in [2.75, 3.05) is 0 Å². The molecule has 0 amide bonds. The monoisotopic (exact) mass is 819 g/mol. The summed E-state index contributed by atoms with van der Waals surface area (Å²) in [5.74, 6) is 1.80. The third-order valence-corrected chi connectivity index (χ3v) is 16.9. The number of ether oxygens (including phenoxy) is 4. The fourth-order valence-electron chi connectivity index (χ4n) is 15.0. The maximum atomic E-state index is 14.9. The highest BCUT2D eigenvalue weighted by atomic mass is 16.6. The highest BCUT2D eigenvalue weighted by Crippen LogP contribution is 2.62. The van der Waals surface area contributed by atoms with E-state index in [1.165, 1.54) is 6.42 Å². The van der Waals surface area contributed by atoms with Crippen LogP contribution in [0.15, 0.2) is 0 Å². The van der Waals surface area contributed by atoms with Crippen LogP contribution in [-0.2, 0) is 38.1 Å². The second-order valence-corrected chi connectivity index (χ2v) is 21.6. The molecule has 0 aromatic heterocycles. The van der Waals surface area contributed by atoms with Gasteiger partial charge in [0.2, 0.25) is 0 Å². The van der Waals surface area contributed by atoms with Gasteiger partial charge in [0, 0.05) is 18.3 Å². The maximum absolute atomic E-state index is 14.9. The number of rotatable bonds is 11. The van der Waals surface area contributed by atoms with Gasteiger partial charge < -0.3 is 24.1 Å². The molecule has 336 valence electrons. The molecule has 11 rings (SSSR count). The Bertz CT molecular complexity index is 1510. The second-order valence-electron chi connectivity index (χ2n) is 21.6. The van der Waals surface area contributed by atoms with E-state index in [-0.39, 0.29) is 93.2 Å². The molecular weight excluding hydrogens is 733 g/mol. The summed E-state index contributed by atoms with van der Waals surface area (Å²) in [5.41, 5.74) is -5.37. The lowest BCUT2D eigenvalue weighted by Crippen LogP contribution is -2.61. The Morgan fingerprint density at radius 1 is 0.707 bits per heavy atom. The smallest absolute Gasteiger partial charge is 0.312 e. The van der Waals surface area contributed by atoms with Crippen LogP contribution in [0.1, 0.15) is 189 Å². The van der Waals surface area contributed by atoms with E-state index >= 15 is 0 Å². The van der Waals surface area contributed by atoms with Gasteiger partial charge in [-0.15, -0.1) is 0 Å². The minimum Gasteiger partial charge on any atom is -0.459 e. The highest BCUT2D eigenvalue weighted by Gasteiger charge is 2.65. The lowest BCUT2D eigenvalue weighted by atomic mass is 9.50. The van der Waals surface area contributed by atoms with E-state index in [1.807, 2.05) is 34.6 Å². The third-order valence-electron chi connectivity index (χ3n) is 16.9. The van der Waals surface area contributed by atoms with Crippen molar-refractivity contribution in [2.24, 2.45) is 69.5 Å². The van der Waals surface area contributed by atoms with Gasteiger partial charge in [-0.25, -0.2) is 0 Å². The molecule has 1 aliphatic heterocycles. The van der Waals surface area contributed by atoms with E-state index in [1.54, 1.807) is 0 Å². The van der Waals surface area contributed by atoms with Gasteiger partial charge in [-0.05, 0) is 166 Å². The van der Waals surface area contributed by atoms with Crippen LogP contribution in [0.2, 0.25) is 0 Å². The number of fused-ring (bicyclic) bond motifs is 1. The maximum Gasteiger partial charge on any atom is 0.312 e. The molecule has 10 bridgehead atoms. The number of carbonyl (C=O) groups excluding carboxylic acids is 4. The van der Waals surface area contributed by atoms with Crippen LogP contribution in [0.25, 0.3) is 0 Å². The van der Waals surface area contributed by atoms with Gasteiger partial charge in [0.1, 0.15) is 23.4 Å². The van der Waals surface area contributed by atoms with E-state index in [2.05, 4.69) is 6.92 Å². The number of hydrogen-bond donors (Lipinski definition) is 1. The van der Waals surface area contributed by atoms with Crippen LogP contribution in [-0.4, -0.2) is 58.0 Å². The molecule has 10 aliphatic carbocycles. The average Bonchev–Trinajstić information content (AvgIpc) is 3.67. The summed E-state index contributed by atoms with van der Waals surface area (Å²) in [6.45, 7) is 11.6. The van der Waals surface area contributed by atoms with Crippen LogP contribution >= 0.6 is 0 Å². The van der Waals surface area contributed by atoms with Crippen molar-refractivity contribution in [1.82, 2.24) is 0 Å². The molecule has 9 unspecified atom stereocenters. The van der Waals surface area contributed by atoms with Crippen molar-refractivity contribution in [3.8, 4) is 0 Å². The van der Waals surface area contributed by atoms with E-state index in [4.69, 9.17) is 18.9 Å². The molecule has 1 saturated heterocycles. The van der Waals surface area contributed by atoms with Gasteiger partial charge >= 0.3 is 23.9 Å². The van der Waals surface area contributed by atoms with Crippen molar-refractivity contribution in [2.45, 2.75) is 218 Å². The number of aliphatic hydroxyl groups is 1. The summed E-state index contributed by atoms with van der Waals surface area (Å²) >= 11 is 0. The van der Waals surface area contributed by atoms with Crippen LogP contribution in [0, 0.1) is 69.5 Å². The molecule has 9 nitrogen and oxygen atoms in total. The fourth-order valence-corrected chi connectivity index (χ4v) is 15.0. The number of carbonyl (C=O) groups is 4. The van der Waals surface area contributed by atoms with E-state index in [9.17, 15) is 24.3 Å².